The van der Waals surface area contributed by atoms with Crippen LogP contribution >= 0.6 is 18.2 Å². The molecule has 24 heavy (non-hydrogen) atoms. The van der Waals surface area contributed by atoms with Gasteiger partial charge in [0.15, 0.2) is 0 Å². The first-order valence-electron chi connectivity index (χ1n) is 7.21. The van der Waals surface area contributed by atoms with Gasteiger partial charge >= 0.3 is 18.9 Å². The Bertz CT molecular complexity index is 484. The number of carbonyl (C=O) groups is 3. The van der Waals surface area contributed by atoms with Crippen LogP contribution in [0.1, 0.15) is 26.7 Å². The second kappa shape index (κ2) is 11.4. The quantitative estimate of drug-likeness (QED) is 0.356. The Hall–Kier alpha value is -1.13. The summed E-state index contributed by atoms with van der Waals surface area (Å²) in [6.45, 7) is -1.16. The van der Waals surface area contributed by atoms with Crippen molar-refractivity contribution in [1.82, 2.24) is 4.90 Å². The van der Waals surface area contributed by atoms with Crippen LogP contribution in [-0.2, 0) is 23.6 Å². The number of carbonyl (C=O) groups excluding carboxylic acids is 3. The highest BCUT2D eigenvalue weighted by Gasteiger charge is 2.25. The van der Waals surface area contributed by atoms with Gasteiger partial charge in [0.05, 0.1) is 13.2 Å². The van der Waals surface area contributed by atoms with Crippen LogP contribution in [0.15, 0.2) is 0 Å². The molecule has 0 aliphatic carbocycles. The molecule has 140 valence electrons. The molecular weight excluding hydrogens is 363 g/mol. The minimum atomic E-state index is -4.30. The molecule has 0 aromatic rings. The van der Waals surface area contributed by atoms with Crippen molar-refractivity contribution in [2.45, 2.75) is 32.7 Å². The summed E-state index contributed by atoms with van der Waals surface area (Å²) in [5, 5.41) is 0. The number of amides is 2. The lowest BCUT2D eigenvalue weighted by atomic mass is 10.1. The Labute approximate surface area is 143 Å². The van der Waals surface area contributed by atoms with Gasteiger partial charge in [-0.15, -0.1) is 0 Å². The predicted molar refractivity (Wildman–Crippen MR) is 87.1 cm³/mol. The van der Waals surface area contributed by atoms with E-state index in [1.807, 2.05) is 0 Å². The van der Waals surface area contributed by atoms with Crippen LogP contribution in [0.2, 0.25) is 0 Å². The second-order valence-electron chi connectivity index (χ2n) is 4.47. The fourth-order valence-corrected chi connectivity index (χ4v) is 3.01. The van der Waals surface area contributed by atoms with Gasteiger partial charge in [0.25, 0.3) is 0 Å². The molecule has 10 nitrogen and oxygen atoms in total. The number of nitrogens with zero attached hydrogens (tertiary/aromatic N) is 1. The Morgan fingerprint density at radius 1 is 1.21 bits per heavy atom. The molecule has 0 aliphatic heterocycles. The summed E-state index contributed by atoms with van der Waals surface area (Å²) < 4.78 is 20.3. The summed E-state index contributed by atoms with van der Waals surface area (Å²) in [5.74, 6) is -1.46. The van der Waals surface area contributed by atoms with E-state index in [2.05, 4.69) is 0 Å². The van der Waals surface area contributed by atoms with Crippen LogP contribution < -0.4 is 5.73 Å². The highest BCUT2D eigenvalue weighted by molar-refractivity contribution is 8.54. The molecule has 0 rings (SSSR count). The summed E-state index contributed by atoms with van der Waals surface area (Å²) in [6.07, 6.45) is -1.16. The Morgan fingerprint density at radius 3 is 2.29 bits per heavy atom. The molecule has 0 fully saturated rings. The fourth-order valence-electron chi connectivity index (χ4n) is 1.55. The van der Waals surface area contributed by atoms with E-state index in [0.29, 0.717) is 11.4 Å². The second-order valence-corrected chi connectivity index (χ2v) is 8.31. The normalized spacial score (nSPS) is 12.4. The van der Waals surface area contributed by atoms with Crippen LogP contribution in [-0.4, -0.2) is 64.2 Å². The monoisotopic (exact) mass is 386 g/mol. The number of nitrogens with two attached hydrogens (primary N) is 1. The first-order chi connectivity index (χ1) is 11.1. The van der Waals surface area contributed by atoms with E-state index in [-0.39, 0.29) is 38.4 Å². The molecule has 1 atom stereocenters. The molecule has 0 spiro atoms. The number of hydrogen-bond donors (Lipinski definition) is 3. The van der Waals surface area contributed by atoms with Crippen LogP contribution in [0.5, 0.6) is 0 Å². The topological polar surface area (TPSA) is 156 Å². The van der Waals surface area contributed by atoms with Gasteiger partial charge in [-0.05, 0) is 31.7 Å². The summed E-state index contributed by atoms with van der Waals surface area (Å²) in [5.41, 5.74) is 5.58. The first-order valence-corrected chi connectivity index (χ1v) is 10.4. The van der Waals surface area contributed by atoms with Crippen LogP contribution in [0.4, 0.5) is 4.79 Å². The van der Waals surface area contributed by atoms with Crippen LogP contribution in [0.3, 0.4) is 0 Å². The molecule has 0 heterocycles. The van der Waals surface area contributed by atoms with Gasteiger partial charge in [0.1, 0.15) is 6.04 Å². The average molecular weight is 386 g/mol. The minimum absolute atomic E-state index is 0.0286. The van der Waals surface area contributed by atoms with Gasteiger partial charge in [-0.2, -0.15) is 0 Å². The van der Waals surface area contributed by atoms with Gasteiger partial charge in [0.2, 0.25) is 5.91 Å². The van der Waals surface area contributed by atoms with Gasteiger partial charge in [-0.1, -0.05) is 0 Å². The SMILES string of the molecule is CCOC(=O)C(N)CCC(=O)N(CCSP(=O)(O)O)C(=O)OCC. The van der Waals surface area contributed by atoms with E-state index < -0.39 is 30.8 Å². The predicted octanol–water partition coefficient (Wildman–Crippen LogP) is 0.468. The zero-order valence-corrected chi connectivity index (χ0v) is 15.3. The number of ether oxygens (including phenoxy) is 2. The highest BCUT2D eigenvalue weighted by Crippen LogP contribution is 2.49. The highest BCUT2D eigenvalue weighted by atomic mass is 32.7. The van der Waals surface area contributed by atoms with Crippen molar-refractivity contribution in [1.29, 1.82) is 0 Å². The molecule has 1 unspecified atom stereocenters. The van der Waals surface area contributed by atoms with Crippen molar-refractivity contribution < 1.29 is 38.2 Å². The maximum atomic E-state index is 12.1. The smallest absolute Gasteiger partial charge is 0.416 e. The van der Waals surface area contributed by atoms with Crippen molar-refractivity contribution in [3.05, 3.63) is 0 Å². The van der Waals surface area contributed by atoms with Crippen LogP contribution in [0, 0.1) is 0 Å². The van der Waals surface area contributed by atoms with Gasteiger partial charge < -0.3 is 25.0 Å². The maximum Gasteiger partial charge on any atom is 0.416 e. The van der Waals surface area contributed by atoms with Crippen LogP contribution in [0.25, 0.3) is 0 Å². The van der Waals surface area contributed by atoms with E-state index in [1.54, 1.807) is 13.8 Å². The maximum absolute atomic E-state index is 12.1. The lowest BCUT2D eigenvalue weighted by molar-refractivity contribution is -0.145. The van der Waals surface area contributed by atoms with Crippen molar-refractivity contribution in [3.8, 4) is 0 Å². The molecule has 0 aliphatic rings. The molecule has 0 bridgehead atoms. The minimum Gasteiger partial charge on any atom is -0.465 e. The molecule has 4 N–H and O–H groups in total. The summed E-state index contributed by atoms with van der Waals surface area (Å²) in [6, 6.07) is -0.998. The van der Waals surface area contributed by atoms with E-state index in [4.69, 9.17) is 25.0 Å². The van der Waals surface area contributed by atoms with E-state index in [9.17, 15) is 18.9 Å². The summed E-state index contributed by atoms with van der Waals surface area (Å²) in [7, 11) is 0. The third kappa shape index (κ3) is 9.89. The van der Waals surface area contributed by atoms with E-state index in [0.717, 1.165) is 4.90 Å². The van der Waals surface area contributed by atoms with Gasteiger partial charge in [0, 0.05) is 18.7 Å². The van der Waals surface area contributed by atoms with Gasteiger partial charge in [-0.25, -0.2) is 14.3 Å². The third-order valence-electron chi connectivity index (χ3n) is 2.62. The Morgan fingerprint density at radius 2 is 1.79 bits per heavy atom. The Kier molecular flexibility index (Phi) is 10.9. The largest absolute Gasteiger partial charge is 0.465 e. The fraction of sp³-hybridized carbons (Fsp3) is 0.750. The molecule has 0 aromatic carbocycles. The van der Waals surface area contributed by atoms with E-state index in [1.165, 1.54) is 0 Å². The standard InChI is InChI=1S/C12H23N2O8PS/c1-3-21-11(16)9(13)5-6-10(15)14(12(17)22-4-2)7-8-24-23(18,19)20/h9H,3-8,13H2,1-2H3,(H2,18,19,20). The molecule has 0 saturated heterocycles. The lowest BCUT2D eigenvalue weighted by Gasteiger charge is -2.20. The van der Waals surface area contributed by atoms with Crippen molar-refractivity contribution in [3.63, 3.8) is 0 Å². The third-order valence-corrected chi connectivity index (χ3v) is 4.88. The lowest BCUT2D eigenvalue weighted by Crippen LogP contribution is -2.40. The zero-order chi connectivity index (χ0) is 18.8. The van der Waals surface area contributed by atoms with Crippen molar-refractivity contribution >= 4 is 36.1 Å². The molecular formula is C12H23N2O8PS. The molecule has 0 radical (unpaired) electrons. The Balaban J connectivity index is 4.65. The molecule has 12 heteroatoms. The molecule has 2 amide bonds. The summed E-state index contributed by atoms with van der Waals surface area (Å²) in [4.78, 5) is 53.6. The van der Waals surface area contributed by atoms with Crippen molar-refractivity contribution in [2.24, 2.45) is 5.73 Å². The number of rotatable bonds is 10. The number of imide groups is 1. The zero-order valence-electron chi connectivity index (χ0n) is 13.5. The molecule has 0 aromatic heterocycles. The summed E-state index contributed by atoms with van der Waals surface area (Å²) >= 11 is 0.317. The molecule has 0 saturated carbocycles. The number of esters is 1. The number of hydrogen-bond acceptors (Lipinski definition) is 8. The van der Waals surface area contributed by atoms with Gasteiger partial charge in [-0.3, -0.25) is 9.59 Å². The average Bonchev–Trinajstić information content (AvgIpc) is 2.48. The van der Waals surface area contributed by atoms with Crippen molar-refractivity contribution in [2.75, 3.05) is 25.5 Å². The first kappa shape index (κ1) is 22.9. The van der Waals surface area contributed by atoms with E-state index >= 15 is 0 Å².